The number of nitrogens with one attached hydrogen (secondary N) is 1. The van der Waals surface area contributed by atoms with Crippen LogP contribution in [0.5, 0.6) is 11.8 Å². The van der Waals surface area contributed by atoms with Crippen molar-refractivity contribution in [2.24, 2.45) is 0 Å². The summed E-state index contributed by atoms with van der Waals surface area (Å²) in [4.78, 5) is 14.6. The monoisotopic (exact) mass is 312 g/mol. The minimum absolute atomic E-state index is 0.0914. The van der Waals surface area contributed by atoms with Crippen LogP contribution in [-0.2, 0) is 10.2 Å². The molecular weight excluding hydrogens is 303 g/mol. The summed E-state index contributed by atoms with van der Waals surface area (Å²) in [6.45, 7) is 0. The quantitative estimate of drug-likeness (QED) is 0.738. The summed E-state index contributed by atoms with van der Waals surface area (Å²) in [5, 5.41) is 20.7. The van der Waals surface area contributed by atoms with Crippen LogP contribution in [-0.4, -0.2) is 29.5 Å². The number of hydrogen-bond donors (Lipinski definition) is 3. The molecule has 0 radical (unpaired) electrons. The Morgan fingerprint density at radius 3 is 2.52 bits per heavy atom. The molecule has 0 aliphatic heterocycles. The molecule has 0 aliphatic carbocycles. The number of nitrogens with zero attached hydrogens (tertiary/aromatic N) is 1. The van der Waals surface area contributed by atoms with Gasteiger partial charge in [0.15, 0.2) is 0 Å². The summed E-state index contributed by atoms with van der Waals surface area (Å²) in [6, 6.07) is 6.68. The number of aromatic hydroxyl groups is 2. The van der Waals surface area contributed by atoms with Gasteiger partial charge in [-0.2, -0.15) is 13.4 Å². The average molecular weight is 312 g/mol. The lowest BCUT2D eigenvalue weighted by Crippen LogP contribution is -2.12. The molecule has 0 bridgehead atoms. The van der Waals surface area contributed by atoms with E-state index in [2.05, 4.69) is 10.3 Å². The molecule has 0 aliphatic rings. The van der Waals surface area contributed by atoms with Gasteiger partial charge >= 0.3 is 10.2 Å². The van der Waals surface area contributed by atoms with Crippen LogP contribution >= 0.6 is 0 Å². The minimum atomic E-state index is -4.92. The zero-order valence-electron chi connectivity index (χ0n) is 10.3. The summed E-state index contributed by atoms with van der Waals surface area (Å²) < 4.78 is 34.4. The van der Waals surface area contributed by atoms with Crippen molar-refractivity contribution in [1.82, 2.24) is 4.98 Å². The number of benzene rings is 1. The molecule has 110 valence electrons. The fourth-order valence-electron chi connectivity index (χ4n) is 1.52. The van der Waals surface area contributed by atoms with Crippen molar-refractivity contribution in [3.8, 4) is 11.8 Å². The van der Waals surface area contributed by atoms with Crippen LogP contribution < -0.4 is 5.32 Å². The first-order chi connectivity index (χ1) is 9.77. The second kappa shape index (κ2) is 5.37. The standard InChI is InChI=1S/C12H9FN2O5S/c13-21(19,20)8-3-1-2-7(6-8)11(17)14-9-4-5-10(16)15-12(9)18/h1-6H,(H,14,17)(H2,15,16,18). The summed E-state index contributed by atoms with van der Waals surface area (Å²) in [7, 11) is -4.92. The Kier molecular flexibility index (Phi) is 3.76. The van der Waals surface area contributed by atoms with E-state index in [1.807, 2.05) is 0 Å². The van der Waals surface area contributed by atoms with Crippen molar-refractivity contribution >= 4 is 21.8 Å². The van der Waals surface area contributed by atoms with Crippen LogP contribution in [0.25, 0.3) is 0 Å². The number of amides is 1. The van der Waals surface area contributed by atoms with E-state index in [9.17, 15) is 22.2 Å². The van der Waals surface area contributed by atoms with Crippen LogP contribution in [0.3, 0.4) is 0 Å². The molecule has 2 rings (SSSR count). The highest BCUT2D eigenvalue weighted by atomic mass is 32.3. The third-order valence-corrected chi connectivity index (χ3v) is 3.30. The van der Waals surface area contributed by atoms with Gasteiger partial charge in [0.1, 0.15) is 5.69 Å². The molecular formula is C12H9FN2O5S. The van der Waals surface area contributed by atoms with Gasteiger partial charge < -0.3 is 15.5 Å². The topological polar surface area (TPSA) is 117 Å². The van der Waals surface area contributed by atoms with E-state index in [0.717, 1.165) is 18.2 Å². The lowest BCUT2D eigenvalue weighted by molar-refractivity contribution is 0.102. The molecule has 7 nitrogen and oxygen atoms in total. The molecule has 3 N–H and O–H groups in total. The van der Waals surface area contributed by atoms with Gasteiger partial charge in [0.2, 0.25) is 11.8 Å². The minimum Gasteiger partial charge on any atom is -0.493 e. The second-order valence-corrected chi connectivity index (χ2v) is 5.31. The number of carbonyl (C=O) groups excluding carboxylic acids is 1. The van der Waals surface area contributed by atoms with Gasteiger partial charge in [-0.25, -0.2) is 0 Å². The first kappa shape index (κ1) is 14.7. The zero-order chi connectivity index (χ0) is 15.6. The highest BCUT2D eigenvalue weighted by Gasteiger charge is 2.16. The number of anilines is 1. The Hall–Kier alpha value is -2.68. The van der Waals surface area contributed by atoms with Crippen LogP contribution in [0.1, 0.15) is 10.4 Å². The van der Waals surface area contributed by atoms with Crippen molar-refractivity contribution in [1.29, 1.82) is 0 Å². The highest BCUT2D eigenvalue weighted by Crippen LogP contribution is 2.24. The van der Waals surface area contributed by atoms with Crippen molar-refractivity contribution in [3.63, 3.8) is 0 Å². The van der Waals surface area contributed by atoms with Crippen molar-refractivity contribution in [2.45, 2.75) is 4.90 Å². The maximum absolute atomic E-state index is 12.9. The molecule has 9 heteroatoms. The van der Waals surface area contributed by atoms with E-state index in [1.54, 1.807) is 0 Å². The van der Waals surface area contributed by atoms with Crippen LogP contribution in [0.15, 0.2) is 41.3 Å². The SMILES string of the molecule is O=C(Nc1ccc(O)nc1O)c1cccc(S(=O)(=O)F)c1. The van der Waals surface area contributed by atoms with E-state index in [0.29, 0.717) is 0 Å². The van der Waals surface area contributed by atoms with Gasteiger partial charge in [-0.3, -0.25) is 4.79 Å². The van der Waals surface area contributed by atoms with Crippen LogP contribution in [0.4, 0.5) is 9.57 Å². The Bertz CT molecular complexity index is 807. The van der Waals surface area contributed by atoms with Crippen molar-refractivity contribution in [2.75, 3.05) is 5.32 Å². The zero-order valence-corrected chi connectivity index (χ0v) is 11.1. The predicted octanol–water partition coefficient (Wildman–Crippen LogP) is 1.40. The van der Waals surface area contributed by atoms with Gasteiger partial charge in [0, 0.05) is 11.6 Å². The molecule has 1 aromatic carbocycles. The van der Waals surface area contributed by atoms with Gasteiger partial charge in [-0.15, -0.1) is 3.89 Å². The molecule has 1 heterocycles. The first-order valence-corrected chi connectivity index (χ1v) is 6.91. The van der Waals surface area contributed by atoms with Crippen molar-refractivity contribution < 1.29 is 27.3 Å². The molecule has 2 aromatic rings. The molecule has 21 heavy (non-hydrogen) atoms. The maximum Gasteiger partial charge on any atom is 0.332 e. The van der Waals surface area contributed by atoms with E-state index >= 15 is 0 Å². The van der Waals surface area contributed by atoms with Crippen molar-refractivity contribution in [3.05, 3.63) is 42.0 Å². The number of aromatic nitrogens is 1. The molecule has 0 fully saturated rings. The molecule has 1 aromatic heterocycles. The van der Waals surface area contributed by atoms with E-state index in [-0.39, 0.29) is 11.3 Å². The third kappa shape index (κ3) is 3.45. The fraction of sp³-hybridized carbons (Fsp3) is 0. The van der Waals surface area contributed by atoms with Gasteiger partial charge in [0.25, 0.3) is 5.91 Å². The highest BCUT2D eigenvalue weighted by molar-refractivity contribution is 7.86. The molecule has 0 unspecified atom stereocenters. The van der Waals surface area contributed by atoms with Crippen LogP contribution in [0.2, 0.25) is 0 Å². The predicted molar refractivity (Wildman–Crippen MR) is 70.3 cm³/mol. The van der Waals surface area contributed by atoms with E-state index < -0.39 is 32.8 Å². The Morgan fingerprint density at radius 2 is 1.90 bits per heavy atom. The summed E-state index contributed by atoms with van der Waals surface area (Å²) in [5.74, 6) is -1.82. The fourth-order valence-corrected chi connectivity index (χ4v) is 2.03. The third-order valence-electron chi connectivity index (χ3n) is 2.49. The Morgan fingerprint density at radius 1 is 1.19 bits per heavy atom. The van der Waals surface area contributed by atoms with Crippen LogP contribution in [0, 0.1) is 0 Å². The number of carbonyl (C=O) groups is 1. The molecule has 0 atom stereocenters. The first-order valence-electron chi connectivity index (χ1n) is 5.52. The summed E-state index contributed by atoms with van der Waals surface area (Å²) in [5.41, 5.74) is -0.215. The Balaban J connectivity index is 2.29. The molecule has 0 spiro atoms. The number of pyridine rings is 1. The maximum atomic E-state index is 12.9. The summed E-state index contributed by atoms with van der Waals surface area (Å²) >= 11 is 0. The molecule has 0 saturated carbocycles. The summed E-state index contributed by atoms with van der Waals surface area (Å²) in [6.07, 6.45) is 0. The number of hydrogen-bond acceptors (Lipinski definition) is 6. The molecule has 1 amide bonds. The normalized spacial score (nSPS) is 11.1. The van der Waals surface area contributed by atoms with Gasteiger partial charge in [-0.1, -0.05) is 6.07 Å². The average Bonchev–Trinajstić information content (AvgIpc) is 2.41. The lowest BCUT2D eigenvalue weighted by atomic mass is 10.2. The largest absolute Gasteiger partial charge is 0.493 e. The van der Waals surface area contributed by atoms with Gasteiger partial charge in [-0.05, 0) is 24.3 Å². The Labute approximate surface area is 118 Å². The van der Waals surface area contributed by atoms with E-state index in [4.69, 9.17) is 5.11 Å². The lowest BCUT2D eigenvalue weighted by Gasteiger charge is -2.07. The molecule has 0 saturated heterocycles. The van der Waals surface area contributed by atoms with E-state index in [1.165, 1.54) is 18.2 Å². The smallest absolute Gasteiger partial charge is 0.332 e. The number of halogens is 1. The second-order valence-electron chi connectivity index (χ2n) is 3.96. The number of rotatable bonds is 3. The van der Waals surface area contributed by atoms with Gasteiger partial charge in [0.05, 0.1) is 4.90 Å².